The molecule has 1 aromatic rings. The predicted octanol–water partition coefficient (Wildman–Crippen LogP) is 5.87. The van der Waals surface area contributed by atoms with Crippen molar-refractivity contribution < 1.29 is 0 Å². The van der Waals surface area contributed by atoms with E-state index in [2.05, 4.69) is 52.9 Å². The second kappa shape index (κ2) is 6.83. The second-order valence-corrected chi connectivity index (χ2v) is 9.34. The zero-order valence-corrected chi connectivity index (χ0v) is 15.6. The molecule has 0 radical (unpaired) electrons. The first kappa shape index (κ1) is 17.0. The van der Waals surface area contributed by atoms with Gasteiger partial charge in [-0.1, -0.05) is 27.7 Å². The van der Waals surface area contributed by atoms with Crippen LogP contribution < -0.4 is 5.32 Å². The lowest BCUT2D eigenvalue weighted by molar-refractivity contribution is 0.133. The standard InChI is InChI=1S/C19H33NS/c1-7-20-18(17-12-13(2)21-14(17)3)15-8-10-16(11-9-15)19(4,5)6/h12,15-16,18,20H,7-11H2,1-6H3. The first-order valence-corrected chi connectivity index (χ1v) is 9.45. The molecule has 1 saturated carbocycles. The van der Waals surface area contributed by atoms with Crippen LogP contribution >= 0.6 is 11.3 Å². The smallest absolute Gasteiger partial charge is 0.0359 e. The summed E-state index contributed by atoms with van der Waals surface area (Å²) in [6, 6.07) is 2.99. The van der Waals surface area contributed by atoms with E-state index in [4.69, 9.17) is 0 Å². The molecule has 1 unspecified atom stereocenters. The lowest BCUT2D eigenvalue weighted by Crippen LogP contribution is -2.33. The van der Waals surface area contributed by atoms with Crippen molar-refractivity contribution in [2.24, 2.45) is 17.3 Å². The SMILES string of the molecule is CCNC(c1cc(C)sc1C)C1CCC(C(C)(C)C)CC1. The summed E-state index contributed by atoms with van der Waals surface area (Å²) in [4.78, 5) is 2.96. The van der Waals surface area contributed by atoms with Gasteiger partial charge in [-0.2, -0.15) is 0 Å². The Morgan fingerprint density at radius 2 is 1.81 bits per heavy atom. The summed E-state index contributed by atoms with van der Waals surface area (Å²) in [7, 11) is 0. The molecule has 1 N–H and O–H groups in total. The zero-order chi connectivity index (χ0) is 15.6. The minimum Gasteiger partial charge on any atom is -0.310 e. The molecule has 1 fully saturated rings. The van der Waals surface area contributed by atoms with Crippen molar-refractivity contribution in [2.45, 2.75) is 73.3 Å². The van der Waals surface area contributed by atoms with Crippen LogP contribution in [0.2, 0.25) is 0 Å². The highest BCUT2D eigenvalue weighted by molar-refractivity contribution is 7.12. The van der Waals surface area contributed by atoms with Crippen LogP contribution in [-0.2, 0) is 0 Å². The summed E-state index contributed by atoms with van der Waals surface area (Å²) in [5, 5.41) is 3.78. The van der Waals surface area contributed by atoms with Gasteiger partial charge in [0.25, 0.3) is 0 Å². The van der Waals surface area contributed by atoms with Gasteiger partial charge >= 0.3 is 0 Å². The lowest BCUT2D eigenvalue weighted by atomic mass is 9.68. The number of thiophene rings is 1. The molecule has 0 aliphatic heterocycles. The number of aryl methyl sites for hydroxylation is 2. The number of hydrogen-bond acceptors (Lipinski definition) is 2. The van der Waals surface area contributed by atoms with E-state index in [0.29, 0.717) is 11.5 Å². The third-order valence-corrected chi connectivity index (χ3v) is 6.29. The van der Waals surface area contributed by atoms with Gasteiger partial charge in [-0.25, -0.2) is 0 Å². The Morgan fingerprint density at radius 3 is 2.24 bits per heavy atom. The molecule has 1 aliphatic carbocycles. The minimum absolute atomic E-state index is 0.480. The molecular formula is C19H33NS. The van der Waals surface area contributed by atoms with Crippen molar-refractivity contribution in [3.05, 3.63) is 21.4 Å². The monoisotopic (exact) mass is 307 g/mol. The minimum atomic E-state index is 0.480. The van der Waals surface area contributed by atoms with Crippen LogP contribution in [-0.4, -0.2) is 6.54 Å². The lowest BCUT2D eigenvalue weighted by Gasteiger charge is -2.39. The van der Waals surface area contributed by atoms with Crippen molar-refractivity contribution in [1.29, 1.82) is 0 Å². The highest BCUT2D eigenvalue weighted by atomic mass is 32.1. The summed E-state index contributed by atoms with van der Waals surface area (Å²) >= 11 is 1.95. The van der Waals surface area contributed by atoms with Crippen LogP contribution in [0.4, 0.5) is 0 Å². The molecule has 1 aliphatic rings. The predicted molar refractivity (Wildman–Crippen MR) is 95.1 cm³/mol. The molecule has 1 aromatic heterocycles. The van der Waals surface area contributed by atoms with Crippen molar-refractivity contribution >= 4 is 11.3 Å². The fraction of sp³-hybridized carbons (Fsp3) is 0.789. The fourth-order valence-electron chi connectivity index (χ4n) is 4.03. The van der Waals surface area contributed by atoms with E-state index in [-0.39, 0.29) is 0 Å². The molecule has 2 heteroatoms. The van der Waals surface area contributed by atoms with Crippen LogP contribution in [0, 0.1) is 31.1 Å². The summed E-state index contributed by atoms with van der Waals surface area (Å²) in [6.45, 7) is 15.1. The van der Waals surface area contributed by atoms with E-state index in [1.807, 2.05) is 11.3 Å². The van der Waals surface area contributed by atoms with Gasteiger partial charge in [-0.15, -0.1) is 11.3 Å². The van der Waals surface area contributed by atoms with Gasteiger partial charge in [0.2, 0.25) is 0 Å². The van der Waals surface area contributed by atoms with E-state index in [1.54, 1.807) is 5.56 Å². The maximum Gasteiger partial charge on any atom is 0.0359 e. The fourth-order valence-corrected chi connectivity index (χ4v) is 5.00. The molecule has 1 nitrogen and oxygen atoms in total. The molecule has 0 spiro atoms. The van der Waals surface area contributed by atoms with Crippen LogP contribution in [0.15, 0.2) is 6.07 Å². The van der Waals surface area contributed by atoms with Crippen LogP contribution in [0.5, 0.6) is 0 Å². The summed E-state index contributed by atoms with van der Waals surface area (Å²) in [6.07, 6.45) is 5.57. The van der Waals surface area contributed by atoms with Gasteiger partial charge in [0, 0.05) is 15.8 Å². The van der Waals surface area contributed by atoms with Gasteiger partial charge < -0.3 is 5.32 Å². The third kappa shape index (κ3) is 4.10. The van der Waals surface area contributed by atoms with E-state index >= 15 is 0 Å². The number of nitrogens with one attached hydrogen (secondary N) is 1. The van der Waals surface area contributed by atoms with E-state index in [9.17, 15) is 0 Å². The average Bonchev–Trinajstić information content (AvgIpc) is 2.74. The Bertz CT molecular complexity index is 447. The molecule has 0 aromatic carbocycles. The van der Waals surface area contributed by atoms with Crippen molar-refractivity contribution in [2.75, 3.05) is 6.54 Å². The van der Waals surface area contributed by atoms with Crippen molar-refractivity contribution in [3.8, 4) is 0 Å². The highest BCUT2D eigenvalue weighted by Crippen LogP contribution is 2.44. The molecular weight excluding hydrogens is 274 g/mol. The van der Waals surface area contributed by atoms with Gasteiger partial charge in [0.15, 0.2) is 0 Å². The van der Waals surface area contributed by atoms with E-state index < -0.39 is 0 Å². The second-order valence-electron chi connectivity index (χ2n) is 7.88. The Balaban J connectivity index is 2.09. The topological polar surface area (TPSA) is 12.0 Å². The molecule has 1 atom stereocenters. The largest absolute Gasteiger partial charge is 0.310 e. The van der Waals surface area contributed by atoms with Crippen LogP contribution in [0.3, 0.4) is 0 Å². The highest BCUT2D eigenvalue weighted by Gasteiger charge is 2.33. The van der Waals surface area contributed by atoms with Gasteiger partial charge in [-0.3, -0.25) is 0 Å². The van der Waals surface area contributed by atoms with Crippen LogP contribution in [0.1, 0.15) is 74.7 Å². The zero-order valence-electron chi connectivity index (χ0n) is 14.8. The quantitative estimate of drug-likeness (QED) is 0.733. The molecule has 21 heavy (non-hydrogen) atoms. The maximum atomic E-state index is 3.78. The maximum absolute atomic E-state index is 3.78. The molecule has 2 rings (SSSR count). The Kier molecular flexibility index (Phi) is 5.54. The summed E-state index contributed by atoms with van der Waals surface area (Å²) in [5.41, 5.74) is 2.05. The first-order valence-electron chi connectivity index (χ1n) is 8.63. The number of rotatable bonds is 4. The average molecular weight is 308 g/mol. The van der Waals surface area contributed by atoms with E-state index in [1.165, 1.54) is 35.4 Å². The van der Waals surface area contributed by atoms with Crippen molar-refractivity contribution in [1.82, 2.24) is 5.32 Å². The Labute approximate surface area is 135 Å². The van der Waals surface area contributed by atoms with Gasteiger partial charge in [0.1, 0.15) is 0 Å². The number of hydrogen-bond donors (Lipinski definition) is 1. The molecule has 1 heterocycles. The van der Waals surface area contributed by atoms with Crippen molar-refractivity contribution in [3.63, 3.8) is 0 Å². The normalized spacial score (nSPS) is 25.0. The third-order valence-electron chi connectivity index (χ3n) is 5.31. The van der Waals surface area contributed by atoms with E-state index in [0.717, 1.165) is 18.4 Å². The first-order chi connectivity index (χ1) is 9.82. The summed E-state index contributed by atoms with van der Waals surface area (Å²) < 4.78 is 0. The van der Waals surface area contributed by atoms with Gasteiger partial charge in [-0.05, 0) is 75.0 Å². The molecule has 0 bridgehead atoms. The molecule has 120 valence electrons. The Hall–Kier alpha value is -0.340. The van der Waals surface area contributed by atoms with Crippen LogP contribution in [0.25, 0.3) is 0 Å². The Morgan fingerprint density at radius 1 is 1.19 bits per heavy atom. The summed E-state index contributed by atoms with van der Waals surface area (Å²) in [5.74, 6) is 1.72. The molecule has 0 amide bonds. The van der Waals surface area contributed by atoms with Gasteiger partial charge in [0.05, 0.1) is 0 Å². The molecule has 0 saturated heterocycles.